The fraction of sp³-hybridized carbons (Fsp3) is 0.950. The Labute approximate surface area is 607 Å². The number of rotatable bonds is 77. The van der Waals surface area contributed by atoms with Gasteiger partial charge in [0.1, 0.15) is 19.3 Å². The third-order valence-corrected chi connectivity index (χ3v) is 20.8. The lowest BCUT2D eigenvalue weighted by Gasteiger charge is -2.21. The molecule has 0 aliphatic carbocycles. The second kappa shape index (κ2) is 69.1. The normalized spacial score (nSPS) is 14.3. The molecular formula is C80H156O17P2. The SMILES string of the molecule is CCC(C)CCCCCCCCCCC(=O)OC[C@H](COP(=O)(O)OC[C@H](O)COP(=O)(O)OC[C@@H](COC(=O)CCCCCCCCCCCCCCCCC(C)C)OC(=O)CCCCCCCCCCCCCCCCCC(C)C)OC(=O)CCCCCCCCCCCC(C)C. The van der Waals surface area contributed by atoms with E-state index in [1.54, 1.807) is 0 Å². The summed E-state index contributed by atoms with van der Waals surface area (Å²) in [4.78, 5) is 73.0. The predicted octanol–water partition coefficient (Wildman–Crippen LogP) is 23.6. The summed E-state index contributed by atoms with van der Waals surface area (Å²) in [5.41, 5.74) is 0. The van der Waals surface area contributed by atoms with Gasteiger partial charge in [0.05, 0.1) is 26.4 Å². The van der Waals surface area contributed by atoms with E-state index >= 15 is 0 Å². The minimum atomic E-state index is -4.96. The Hall–Kier alpha value is -1.94. The zero-order chi connectivity index (χ0) is 73.1. The van der Waals surface area contributed by atoms with Crippen molar-refractivity contribution in [3.8, 4) is 0 Å². The summed E-state index contributed by atoms with van der Waals surface area (Å²) >= 11 is 0. The number of unbranched alkanes of at least 4 members (excludes halogenated alkanes) is 42. The lowest BCUT2D eigenvalue weighted by atomic mass is 9.99. The van der Waals surface area contributed by atoms with Crippen molar-refractivity contribution in [3.05, 3.63) is 0 Å². The maximum atomic E-state index is 13.1. The molecule has 0 spiro atoms. The summed E-state index contributed by atoms with van der Waals surface area (Å²) in [7, 11) is -9.92. The zero-order valence-corrected chi connectivity index (χ0v) is 66.9. The van der Waals surface area contributed by atoms with Gasteiger partial charge in [0.25, 0.3) is 0 Å². The van der Waals surface area contributed by atoms with Gasteiger partial charge in [-0.1, -0.05) is 357 Å². The monoisotopic (exact) mass is 1450 g/mol. The molecule has 0 aromatic carbocycles. The largest absolute Gasteiger partial charge is 0.472 e. The van der Waals surface area contributed by atoms with E-state index in [0.29, 0.717) is 25.7 Å². The summed E-state index contributed by atoms with van der Waals surface area (Å²) in [5, 5.41) is 10.6. The Morgan fingerprint density at radius 2 is 0.485 bits per heavy atom. The molecule has 0 bridgehead atoms. The topological polar surface area (TPSA) is 237 Å². The first-order valence-electron chi connectivity index (χ1n) is 41.2. The molecule has 0 saturated carbocycles. The average Bonchev–Trinajstić information content (AvgIpc) is 1.08. The molecule has 3 unspecified atom stereocenters. The van der Waals surface area contributed by atoms with E-state index in [-0.39, 0.29) is 25.7 Å². The highest BCUT2D eigenvalue weighted by Gasteiger charge is 2.30. The second-order valence-corrected chi connectivity index (χ2v) is 33.4. The van der Waals surface area contributed by atoms with Crippen LogP contribution in [-0.2, 0) is 65.4 Å². The number of carbonyl (C=O) groups excluding carboxylic acids is 4. The van der Waals surface area contributed by atoms with Crippen LogP contribution in [0, 0.1) is 23.7 Å². The van der Waals surface area contributed by atoms with Crippen molar-refractivity contribution in [3.63, 3.8) is 0 Å². The first-order valence-corrected chi connectivity index (χ1v) is 44.2. The highest BCUT2D eigenvalue weighted by molar-refractivity contribution is 7.47. The molecule has 6 atom stereocenters. The van der Waals surface area contributed by atoms with E-state index in [9.17, 15) is 43.2 Å². The molecule has 0 heterocycles. The number of hydrogen-bond donors (Lipinski definition) is 3. The smallest absolute Gasteiger partial charge is 0.462 e. The Balaban J connectivity index is 5.26. The predicted molar refractivity (Wildman–Crippen MR) is 404 cm³/mol. The van der Waals surface area contributed by atoms with Gasteiger partial charge >= 0.3 is 39.5 Å². The number of carbonyl (C=O) groups is 4. The summed E-state index contributed by atoms with van der Waals surface area (Å²) in [6.45, 7) is 14.3. The van der Waals surface area contributed by atoms with Crippen LogP contribution in [0.5, 0.6) is 0 Å². The third kappa shape index (κ3) is 72.8. The fourth-order valence-electron chi connectivity index (χ4n) is 12.2. The standard InChI is InChI=1S/C80H156O17P2/c1-9-73(8)59-51-43-35-30-31-37-45-53-61-78(83)91-67-76(97-80(85)63-55-47-39-29-23-26-34-42-50-58-72(6)7)69-95-99(88,89)93-65-74(81)64-92-98(86,87)94-68-75(66-90-77(82)60-52-44-36-27-21-17-14-13-16-20-25-33-41-49-57-71(4)5)96-79(84)62-54-46-38-28-22-18-12-10-11-15-19-24-32-40-48-56-70(2)3/h70-76,81H,9-69H2,1-8H3,(H,86,87)(H,88,89)/t73?,74-,75-,76-/m1/s1. The lowest BCUT2D eigenvalue weighted by Crippen LogP contribution is -2.30. The van der Waals surface area contributed by atoms with Gasteiger partial charge in [0, 0.05) is 25.7 Å². The molecule has 0 aromatic heterocycles. The second-order valence-electron chi connectivity index (χ2n) is 30.5. The van der Waals surface area contributed by atoms with E-state index in [2.05, 4.69) is 55.4 Å². The van der Waals surface area contributed by atoms with Crippen molar-refractivity contribution in [1.82, 2.24) is 0 Å². The fourth-order valence-corrected chi connectivity index (χ4v) is 13.8. The number of aliphatic hydroxyl groups is 1. The van der Waals surface area contributed by atoms with Crippen molar-refractivity contribution < 1.29 is 80.2 Å². The van der Waals surface area contributed by atoms with E-state index in [1.807, 2.05) is 0 Å². The van der Waals surface area contributed by atoms with Crippen LogP contribution in [0.15, 0.2) is 0 Å². The molecule has 0 amide bonds. The number of aliphatic hydroxyl groups excluding tert-OH is 1. The molecule has 0 fully saturated rings. The minimum absolute atomic E-state index is 0.105. The van der Waals surface area contributed by atoms with Gasteiger partial charge in [0.2, 0.25) is 0 Å². The summed E-state index contributed by atoms with van der Waals surface area (Å²) < 4.78 is 68.7. The number of phosphoric acid groups is 2. The highest BCUT2D eigenvalue weighted by Crippen LogP contribution is 2.45. The summed E-state index contributed by atoms with van der Waals surface area (Å²) in [6.07, 6.45) is 55.4. The highest BCUT2D eigenvalue weighted by atomic mass is 31.2. The Kier molecular flexibility index (Phi) is 67.8. The molecule has 0 rings (SSSR count). The minimum Gasteiger partial charge on any atom is -0.462 e. The summed E-state index contributed by atoms with van der Waals surface area (Å²) in [5.74, 6) is 1.00. The van der Waals surface area contributed by atoms with Crippen LogP contribution in [0.25, 0.3) is 0 Å². The molecule has 588 valence electrons. The Morgan fingerprint density at radius 3 is 0.717 bits per heavy atom. The van der Waals surface area contributed by atoms with Crippen molar-refractivity contribution in [2.45, 2.75) is 427 Å². The quantitative estimate of drug-likeness (QED) is 0.0222. The van der Waals surface area contributed by atoms with E-state index < -0.39 is 97.5 Å². The molecule has 0 saturated heterocycles. The van der Waals surface area contributed by atoms with Crippen LogP contribution >= 0.6 is 15.6 Å². The number of esters is 4. The molecule has 0 aliphatic heterocycles. The van der Waals surface area contributed by atoms with E-state index in [1.165, 1.54) is 212 Å². The van der Waals surface area contributed by atoms with Gasteiger partial charge in [-0.15, -0.1) is 0 Å². The molecule has 19 heteroatoms. The molecule has 0 radical (unpaired) electrons. The van der Waals surface area contributed by atoms with Crippen molar-refractivity contribution in [2.24, 2.45) is 23.7 Å². The van der Waals surface area contributed by atoms with Crippen LogP contribution in [0.1, 0.15) is 409 Å². The van der Waals surface area contributed by atoms with Gasteiger partial charge in [-0.05, 0) is 49.4 Å². The summed E-state index contributed by atoms with van der Waals surface area (Å²) in [6, 6.07) is 0. The Bertz CT molecular complexity index is 1940. The molecule has 3 N–H and O–H groups in total. The van der Waals surface area contributed by atoms with E-state index in [4.69, 9.17) is 37.0 Å². The lowest BCUT2D eigenvalue weighted by molar-refractivity contribution is -0.161. The van der Waals surface area contributed by atoms with E-state index in [0.717, 1.165) is 114 Å². The van der Waals surface area contributed by atoms with Gasteiger partial charge in [0.15, 0.2) is 12.2 Å². The molecule has 99 heavy (non-hydrogen) atoms. The number of phosphoric ester groups is 2. The molecular weight excluding hydrogens is 1290 g/mol. The number of ether oxygens (including phenoxy) is 4. The maximum Gasteiger partial charge on any atom is 0.472 e. The Morgan fingerprint density at radius 1 is 0.283 bits per heavy atom. The van der Waals surface area contributed by atoms with Crippen LogP contribution in [-0.4, -0.2) is 96.7 Å². The molecule has 0 aliphatic rings. The van der Waals surface area contributed by atoms with Gasteiger partial charge in [-0.3, -0.25) is 37.3 Å². The maximum absolute atomic E-state index is 13.1. The van der Waals surface area contributed by atoms with Crippen LogP contribution in [0.2, 0.25) is 0 Å². The van der Waals surface area contributed by atoms with Gasteiger partial charge < -0.3 is 33.8 Å². The third-order valence-electron chi connectivity index (χ3n) is 18.9. The van der Waals surface area contributed by atoms with Crippen LogP contribution in [0.4, 0.5) is 0 Å². The van der Waals surface area contributed by atoms with Crippen molar-refractivity contribution >= 4 is 39.5 Å². The first-order chi connectivity index (χ1) is 47.6. The van der Waals surface area contributed by atoms with Gasteiger partial charge in [-0.2, -0.15) is 0 Å². The first kappa shape index (κ1) is 97.1. The number of hydrogen-bond acceptors (Lipinski definition) is 15. The van der Waals surface area contributed by atoms with Crippen molar-refractivity contribution in [1.29, 1.82) is 0 Å². The average molecular weight is 1450 g/mol. The van der Waals surface area contributed by atoms with Crippen molar-refractivity contribution in [2.75, 3.05) is 39.6 Å². The molecule has 17 nitrogen and oxygen atoms in total. The molecule has 0 aromatic rings. The van der Waals surface area contributed by atoms with Gasteiger partial charge in [-0.25, -0.2) is 9.13 Å². The van der Waals surface area contributed by atoms with Crippen LogP contribution in [0.3, 0.4) is 0 Å². The zero-order valence-electron chi connectivity index (χ0n) is 65.1. The van der Waals surface area contributed by atoms with Crippen LogP contribution < -0.4 is 0 Å².